The maximum atomic E-state index is 12.8. The summed E-state index contributed by atoms with van der Waals surface area (Å²) in [4.78, 5) is 25.0. The van der Waals surface area contributed by atoms with Gasteiger partial charge in [-0.1, -0.05) is 41.6 Å². The molecule has 0 aliphatic carbocycles. The molecule has 7 heteroatoms. The number of nitrogens with one attached hydrogen (secondary N) is 2. The van der Waals surface area contributed by atoms with Gasteiger partial charge < -0.3 is 16.0 Å². The van der Waals surface area contributed by atoms with Crippen molar-refractivity contribution in [3.05, 3.63) is 119 Å². The van der Waals surface area contributed by atoms with Gasteiger partial charge in [0.2, 0.25) is 0 Å². The van der Waals surface area contributed by atoms with Crippen molar-refractivity contribution in [1.82, 2.24) is 15.0 Å². The van der Waals surface area contributed by atoms with Crippen LogP contribution in [0, 0.1) is 11.8 Å². The number of nitrogens with two attached hydrogens (primary N) is 1. The van der Waals surface area contributed by atoms with Crippen LogP contribution in [0.5, 0.6) is 0 Å². The van der Waals surface area contributed by atoms with E-state index in [1.165, 1.54) is 0 Å². The maximum absolute atomic E-state index is 12.8. The lowest BCUT2D eigenvalue weighted by Gasteiger charge is -2.06. The number of nitrogen functional groups attached to an aromatic ring is 1. The summed E-state index contributed by atoms with van der Waals surface area (Å²) in [5, 5.41) is 5.29. The molecule has 4 N–H and O–H groups in total. The molecule has 2 heterocycles. The van der Waals surface area contributed by atoms with Crippen LogP contribution in [0.4, 0.5) is 11.5 Å². The Bertz CT molecular complexity index is 1840. The number of fused-ring (bicyclic) bond motifs is 2. The second kappa shape index (κ2) is 9.74. The molecule has 0 aliphatic rings. The molecule has 38 heavy (non-hydrogen) atoms. The van der Waals surface area contributed by atoms with Crippen molar-refractivity contribution >= 4 is 50.8 Å². The Balaban J connectivity index is 1.16. The van der Waals surface area contributed by atoms with Crippen molar-refractivity contribution in [2.45, 2.75) is 0 Å². The highest BCUT2D eigenvalue weighted by Crippen LogP contribution is 2.25. The second-order valence-corrected chi connectivity index (χ2v) is 9.15. The number of imidazole rings is 1. The quantitative estimate of drug-likeness (QED) is 0.230. The smallest absolute Gasteiger partial charge is 0.255 e. The molecule has 6 nitrogen and oxygen atoms in total. The third-order valence-corrected chi connectivity index (χ3v) is 6.40. The number of hydrogen-bond acceptors (Lipinski definition) is 4. The van der Waals surface area contributed by atoms with Gasteiger partial charge in [0.25, 0.3) is 5.91 Å². The average Bonchev–Trinajstić information content (AvgIpc) is 3.38. The Morgan fingerprint density at radius 3 is 2.50 bits per heavy atom. The minimum absolute atomic E-state index is 0.210. The molecule has 2 aromatic heterocycles. The van der Waals surface area contributed by atoms with Gasteiger partial charge in [-0.05, 0) is 72.8 Å². The Labute approximate surface area is 223 Å². The number of rotatable bonds is 3. The van der Waals surface area contributed by atoms with Crippen molar-refractivity contribution in [1.29, 1.82) is 0 Å². The normalized spacial score (nSPS) is 10.8. The summed E-state index contributed by atoms with van der Waals surface area (Å²) in [6, 6.07) is 28.0. The molecule has 0 radical (unpaired) electrons. The van der Waals surface area contributed by atoms with E-state index in [0.717, 1.165) is 38.8 Å². The zero-order valence-electron chi connectivity index (χ0n) is 20.0. The molecule has 0 saturated heterocycles. The number of H-pyrrole nitrogens is 1. The molecule has 4 aromatic carbocycles. The molecule has 0 saturated carbocycles. The lowest BCUT2D eigenvalue weighted by molar-refractivity contribution is 0.102. The Morgan fingerprint density at radius 1 is 0.921 bits per heavy atom. The number of para-hydroxylation sites is 2. The number of aromatic nitrogens is 3. The van der Waals surface area contributed by atoms with Crippen molar-refractivity contribution < 1.29 is 4.79 Å². The van der Waals surface area contributed by atoms with Gasteiger partial charge >= 0.3 is 0 Å². The molecule has 6 aromatic rings. The van der Waals surface area contributed by atoms with Crippen LogP contribution in [0.3, 0.4) is 0 Å². The van der Waals surface area contributed by atoms with Crippen molar-refractivity contribution in [2.75, 3.05) is 11.1 Å². The summed E-state index contributed by atoms with van der Waals surface area (Å²) >= 11 is 6.16. The van der Waals surface area contributed by atoms with Crippen LogP contribution in [0.15, 0.2) is 97.2 Å². The first-order valence-corrected chi connectivity index (χ1v) is 12.2. The molecule has 0 spiro atoms. The lowest BCUT2D eigenvalue weighted by atomic mass is 10.1. The minimum atomic E-state index is -0.210. The SMILES string of the molecule is Nc1ncc2ccc(Cl)cc2c1C#Cc1ccc(C(=O)Nc2ccc(-c3nc4ccccc4[nH]3)cc2)cc1. The zero-order valence-corrected chi connectivity index (χ0v) is 20.8. The number of carbonyl (C=O) groups is 1. The number of amides is 1. The highest BCUT2D eigenvalue weighted by molar-refractivity contribution is 6.31. The molecule has 0 unspecified atom stereocenters. The summed E-state index contributed by atoms with van der Waals surface area (Å²) in [7, 11) is 0. The van der Waals surface area contributed by atoms with Crippen LogP contribution in [-0.2, 0) is 0 Å². The van der Waals surface area contributed by atoms with Crippen LogP contribution >= 0.6 is 11.6 Å². The molecule has 0 aliphatic heterocycles. The van der Waals surface area contributed by atoms with Gasteiger partial charge in [-0.3, -0.25) is 4.79 Å². The number of benzene rings is 4. The summed E-state index contributed by atoms with van der Waals surface area (Å²) in [5.74, 6) is 7.13. The standard InChI is InChI=1S/C31H20ClN5O/c32-23-13-10-22-18-34-29(33)25(26(22)17-23)16-7-19-5-8-21(9-6-19)31(38)35-24-14-11-20(12-15-24)30-36-27-3-1-2-4-28(27)37-30/h1-6,8-15,17-18H,(H2,33,34)(H,35,38)(H,36,37). The predicted octanol–water partition coefficient (Wildman–Crippen LogP) is 6.67. The molecule has 182 valence electrons. The van der Waals surface area contributed by atoms with E-state index in [1.54, 1.807) is 36.5 Å². The Morgan fingerprint density at radius 2 is 1.71 bits per heavy atom. The molecule has 6 rings (SSSR count). The van der Waals surface area contributed by atoms with E-state index in [-0.39, 0.29) is 5.91 Å². The first-order valence-electron chi connectivity index (χ1n) is 11.9. The largest absolute Gasteiger partial charge is 0.383 e. The highest BCUT2D eigenvalue weighted by atomic mass is 35.5. The Hall–Kier alpha value is -5.12. The topological polar surface area (TPSA) is 96.7 Å². The van der Waals surface area contributed by atoms with E-state index < -0.39 is 0 Å². The fourth-order valence-electron chi connectivity index (χ4n) is 4.17. The van der Waals surface area contributed by atoms with E-state index in [0.29, 0.717) is 27.7 Å². The summed E-state index contributed by atoms with van der Waals surface area (Å²) < 4.78 is 0. The van der Waals surface area contributed by atoms with Gasteiger partial charge in [-0.25, -0.2) is 9.97 Å². The number of nitrogens with zero attached hydrogens (tertiary/aromatic N) is 2. The van der Waals surface area contributed by atoms with Crippen LogP contribution in [0.1, 0.15) is 21.5 Å². The number of halogens is 1. The second-order valence-electron chi connectivity index (χ2n) is 8.71. The first kappa shape index (κ1) is 23.3. The predicted molar refractivity (Wildman–Crippen MR) is 153 cm³/mol. The third kappa shape index (κ3) is 4.66. The number of aromatic amines is 1. The van der Waals surface area contributed by atoms with Crippen LogP contribution in [0.2, 0.25) is 5.02 Å². The summed E-state index contributed by atoms with van der Waals surface area (Å²) in [6.07, 6.45) is 1.70. The fraction of sp³-hybridized carbons (Fsp3) is 0. The van der Waals surface area contributed by atoms with Gasteiger partial charge in [-0.2, -0.15) is 0 Å². The molecule has 1 amide bonds. The summed E-state index contributed by atoms with van der Waals surface area (Å²) in [5.41, 5.74) is 11.5. The van der Waals surface area contributed by atoms with Crippen molar-refractivity contribution in [3.63, 3.8) is 0 Å². The molecule has 0 bridgehead atoms. The molecule has 0 atom stereocenters. The van der Waals surface area contributed by atoms with Gasteiger partial charge in [0.1, 0.15) is 11.6 Å². The Kier molecular flexibility index (Phi) is 5.97. The average molecular weight is 514 g/mol. The summed E-state index contributed by atoms with van der Waals surface area (Å²) in [6.45, 7) is 0. The number of carbonyl (C=O) groups excluding carboxylic acids is 1. The van der Waals surface area contributed by atoms with E-state index in [9.17, 15) is 4.79 Å². The monoisotopic (exact) mass is 513 g/mol. The number of anilines is 2. The highest BCUT2D eigenvalue weighted by Gasteiger charge is 2.09. The van der Waals surface area contributed by atoms with Crippen LogP contribution in [0.25, 0.3) is 33.2 Å². The van der Waals surface area contributed by atoms with E-state index in [1.807, 2.05) is 60.7 Å². The minimum Gasteiger partial charge on any atom is -0.383 e. The van der Waals surface area contributed by atoms with Gasteiger partial charge in [0.15, 0.2) is 0 Å². The van der Waals surface area contributed by atoms with Crippen molar-refractivity contribution in [2.24, 2.45) is 0 Å². The zero-order chi connectivity index (χ0) is 26.1. The van der Waals surface area contributed by atoms with Crippen molar-refractivity contribution in [3.8, 4) is 23.2 Å². The van der Waals surface area contributed by atoms with E-state index >= 15 is 0 Å². The molecular weight excluding hydrogens is 494 g/mol. The van der Waals surface area contributed by atoms with Gasteiger partial charge in [-0.15, -0.1) is 0 Å². The number of pyridine rings is 1. The lowest BCUT2D eigenvalue weighted by Crippen LogP contribution is -2.11. The first-order chi connectivity index (χ1) is 18.5. The van der Waals surface area contributed by atoms with Gasteiger partial charge in [0.05, 0.1) is 16.6 Å². The molecular formula is C31H20ClN5O. The molecule has 0 fully saturated rings. The maximum Gasteiger partial charge on any atom is 0.255 e. The number of hydrogen-bond donors (Lipinski definition) is 3. The van der Waals surface area contributed by atoms with Crippen LogP contribution < -0.4 is 11.1 Å². The third-order valence-electron chi connectivity index (χ3n) is 6.17. The van der Waals surface area contributed by atoms with E-state index in [4.69, 9.17) is 17.3 Å². The van der Waals surface area contributed by atoms with E-state index in [2.05, 4.69) is 32.1 Å². The van der Waals surface area contributed by atoms with Crippen LogP contribution in [-0.4, -0.2) is 20.9 Å². The fourth-order valence-corrected chi connectivity index (χ4v) is 4.35. The van der Waals surface area contributed by atoms with Gasteiger partial charge in [0, 0.05) is 44.4 Å².